The molecule has 5 rings (SSSR count). The van der Waals surface area contributed by atoms with Gasteiger partial charge in [0.2, 0.25) is 5.91 Å². The highest BCUT2D eigenvalue weighted by atomic mass is 16.2. The van der Waals surface area contributed by atoms with Gasteiger partial charge in [0, 0.05) is 18.7 Å². The van der Waals surface area contributed by atoms with Crippen molar-refractivity contribution in [3.05, 3.63) is 114 Å². The van der Waals surface area contributed by atoms with E-state index in [2.05, 4.69) is 17.4 Å². The van der Waals surface area contributed by atoms with Crippen LogP contribution in [0, 0.1) is 0 Å². The Balaban J connectivity index is 1.41. The molecule has 1 aromatic heterocycles. The number of aromatic nitrogens is 2. The fourth-order valence-corrected chi connectivity index (χ4v) is 4.80. The highest BCUT2D eigenvalue weighted by Crippen LogP contribution is 2.30. The molecule has 0 saturated carbocycles. The lowest BCUT2D eigenvalue weighted by atomic mass is 9.94. The van der Waals surface area contributed by atoms with Crippen molar-refractivity contribution in [2.24, 2.45) is 0 Å². The number of aryl methyl sites for hydroxylation is 1. The summed E-state index contributed by atoms with van der Waals surface area (Å²) < 4.78 is 1.69. The Hall–Kier alpha value is -4.19. The number of nitrogens with zero attached hydrogens (tertiary/aromatic N) is 3. The fraction of sp³-hybridized carbons (Fsp3) is 0.233. The normalized spacial score (nSPS) is 17.0. The van der Waals surface area contributed by atoms with Crippen LogP contribution in [-0.4, -0.2) is 38.6 Å². The fourth-order valence-electron chi connectivity index (χ4n) is 4.80. The van der Waals surface area contributed by atoms with E-state index >= 15 is 0 Å². The molecule has 0 radical (unpaired) electrons. The van der Waals surface area contributed by atoms with Gasteiger partial charge < -0.3 is 10.2 Å². The van der Waals surface area contributed by atoms with Crippen LogP contribution in [0.3, 0.4) is 0 Å². The number of hydrogen-bond donors (Lipinski definition) is 1. The summed E-state index contributed by atoms with van der Waals surface area (Å²) >= 11 is 0. The summed E-state index contributed by atoms with van der Waals surface area (Å²) in [7, 11) is 0. The molecule has 0 bridgehead atoms. The SMILES string of the molecule is C[C@@]1(C(=O)NCc2ccccc2)Cn2nc(-c3ccccc3)cc2C(=O)N1CCCc1ccccc1. The van der Waals surface area contributed by atoms with Crippen LogP contribution in [0.4, 0.5) is 0 Å². The van der Waals surface area contributed by atoms with Gasteiger partial charge in [-0.15, -0.1) is 0 Å². The summed E-state index contributed by atoms with van der Waals surface area (Å²) in [6.45, 7) is 3.03. The van der Waals surface area contributed by atoms with Crippen LogP contribution in [0.25, 0.3) is 11.3 Å². The van der Waals surface area contributed by atoms with Crippen molar-refractivity contribution in [2.45, 2.75) is 38.4 Å². The van der Waals surface area contributed by atoms with E-state index in [9.17, 15) is 9.59 Å². The maximum Gasteiger partial charge on any atom is 0.273 e. The smallest absolute Gasteiger partial charge is 0.273 e. The molecule has 0 fully saturated rings. The predicted molar refractivity (Wildman–Crippen MR) is 140 cm³/mol. The van der Waals surface area contributed by atoms with E-state index in [1.807, 2.05) is 91.9 Å². The molecule has 1 N–H and O–H groups in total. The van der Waals surface area contributed by atoms with Crippen molar-refractivity contribution in [2.75, 3.05) is 6.54 Å². The topological polar surface area (TPSA) is 67.2 Å². The van der Waals surface area contributed by atoms with Gasteiger partial charge in [0.05, 0.1) is 12.2 Å². The highest BCUT2D eigenvalue weighted by Gasteiger charge is 2.47. The average Bonchev–Trinajstić information content (AvgIpc) is 3.35. The molecule has 4 aromatic rings. The predicted octanol–water partition coefficient (Wildman–Crippen LogP) is 4.71. The second-order valence-electron chi connectivity index (χ2n) is 9.43. The molecule has 3 aromatic carbocycles. The molecule has 2 amide bonds. The van der Waals surface area contributed by atoms with Gasteiger partial charge in [-0.25, -0.2) is 0 Å². The largest absolute Gasteiger partial charge is 0.350 e. The summed E-state index contributed by atoms with van der Waals surface area (Å²) in [4.78, 5) is 29.1. The van der Waals surface area contributed by atoms with E-state index in [1.54, 1.807) is 9.58 Å². The van der Waals surface area contributed by atoms with Gasteiger partial charge in [-0.2, -0.15) is 5.10 Å². The minimum atomic E-state index is -1.06. The quantitative estimate of drug-likeness (QED) is 0.399. The molecular weight excluding hydrogens is 448 g/mol. The van der Waals surface area contributed by atoms with E-state index in [0.717, 1.165) is 29.7 Å². The summed E-state index contributed by atoms with van der Waals surface area (Å²) in [6.07, 6.45) is 1.60. The third-order valence-electron chi connectivity index (χ3n) is 6.84. The minimum Gasteiger partial charge on any atom is -0.350 e. The lowest BCUT2D eigenvalue weighted by Gasteiger charge is -2.43. The molecule has 36 heavy (non-hydrogen) atoms. The molecule has 1 atom stereocenters. The van der Waals surface area contributed by atoms with Crippen LogP contribution in [0.1, 0.15) is 35.0 Å². The number of carbonyl (C=O) groups excluding carboxylic acids is 2. The highest BCUT2D eigenvalue weighted by molar-refractivity contribution is 6.00. The molecule has 1 aliphatic heterocycles. The average molecular weight is 479 g/mol. The first-order chi connectivity index (χ1) is 17.5. The van der Waals surface area contributed by atoms with Gasteiger partial charge in [0.15, 0.2) is 0 Å². The van der Waals surface area contributed by atoms with Gasteiger partial charge in [0.1, 0.15) is 11.2 Å². The molecule has 0 unspecified atom stereocenters. The Labute approximate surface area is 211 Å². The number of benzene rings is 3. The van der Waals surface area contributed by atoms with Crippen LogP contribution in [0.5, 0.6) is 0 Å². The van der Waals surface area contributed by atoms with Crippen molar-refractivity contribution in [3.8, 4) is 11.3 Å². The third kappa shape index (κ3) is 4.80. The first kappa shape index (κ1) is 23.5. The summed E-state index contributed by atoms with van der Waals surface area (Å²) in [6, 6.07) is 31.7. The number of fused-ring (bicyclic) bond motifs is 1. The van der Waals surface area contributed by atoms with Crippen LogP contribution in [-0.2, 0) is 24.3 Å². The summed E-state index contributed by atoms with van der Waals surface area (Å²) in [5.74, 6) is -0.344. The van der Waals surface area contributed by atoms with Crippen molar-refractivity contribution >= 4 is 11.8 Å². The molecule has 0 spiro atoms. The second kappa shape index (κ2) is 10.2. The van der Waals surface area contributed by atoms with Gasteiger partial charge >= 0.3 is 0 Å². The maximum absolute atomic E-state index is 13.8. The Morgan fingerprint density at radius 1 is 0.917 bits per heavy atom. The number of hydrogen-bond acceptors (Lipinski definition) is 3. The molecule has 6 heteroatoms. The molecular formula is C30H30N4O2. The lowest BCUT2D eigenvalue weighted by molar-refractivity contribution is -0.133. The van der Waals surface area contributed by atoms with Crippen LogP contribution in [0.2, 0.25) is 0 Å². The molecule has 2 heterocycles. The van der Waals surface area contributed by atoms with Crippen molar-refractivity contribution in [1.29, 1.82) is 0 Å². The van der Waals surface area contributed by atoms with Crippen LogP contribution in [0.15, 0.2) is 97.1 Å². The van der Waals surface area contributed by atoms with Crippen LogP contribution < -0.4 is 5.32 Å². The van der Waals surface area contributed by atoms with E-state index in [-0.39, 0.29) is 11.8 Å². The van der Waals surface area contributed by atoms with E-state index in [4.69, 9.17) is 5.10 Å². The zero-order chi connectivity index (χ0) is 25.0. The molecule has 182 valence electrons. The number of carbonyl (C=O) groups is 2. The standard InChI is InChI=1S/C30H30N4O2/c1-30(29(36)31-21-24-14-7-3-8-15-24)22-34-27(20-26(32-34)25-17-9-4-10-18-25)28(35)33(30)19-11-16-23-12-5-2-6-13-23/h2-10,12-15,17-18,20H,11,16,19,21-22H2,1H3,(H,31,36)/t30-/m0/s1. The maximum atomic E-state index is 13.8. The van der Waals surface area contributed by atoms with Gasteiger partial charge in [-0.3, -0.25) is 14.3 Å². The minimum absolute atomic E-state index is 0.165. The number of nitrogens with one attached hydrogen (secondary N) is 1. The number of amides is 2. The van der Waals surface area contributed by atoms with Crippen LogP contribution >= 0.6 is 0 Å². The monoisotopic (exact) mass is 478 g/mol. The second-order valence-corrected chi connectivity index (χ2v) is 9.43. The summed E-state index contributed by atoms with van der Waals surface area (Å²) in [5.41, 5.74) is 3.36. The van der Waals surface area contributed by atoms with Gasteiger partial charge in [-0.05, 0) is 37.0 Å². The van der Waals surface area contributed by atoms with E-state index in [0.29, 0.717) is 25.3 Å². The Bertz CT molecular complexity index is 1340. The first-order valence-corrected chi connectivity index (χ1v) is 12.4. The Morgan fingerprint density at radius 3 is 2.19 bits per heavy atom. The third-order valence-corrected chi connectivity index (χ3v) is 6.84. The van der Waals surface area contributed by atoms with Crippen molar-refractivity contribution in [3.63, 3.8) is 0 Å². The van der Waals surface area contributed by atoms with E-state index in [1.165, 1.54) is 5.56 Å². The molecule has 1 aliphatic rings. The molecule has 0 saturated heterocycles. The zero-order valence-corrected chi connectivity index (χ0v) is 20.4. The zero-order valence-electron chi connectivity index (χ0n) is 20.4. The Kier molecular flexibility index (Phi) is 6.67. The first-order valence-electron chi connectivity index (χ1n) is 12.4. The van der Waals surface area contributed by atoms with Gasteiger partial charge in [0.25, 0.3) is 5.91 Å². The molecule has 0 aliphatic carbocycles. The van der Waals surface area contributed by atoms with Crippen molar-refractivity contribution < 1.29 is 9.59 Å². The van der Waals surface area contributed by atoms with Gasteiger partial charge in [-0.1, -0.05) is 91.0 Å². The lowest BCUT2D eigenvalue weighted by Crippen LogP contribution is -2.64. The number of rotatable bonds is 8. The van der Waals surface area contributed by atoms with E-state index < -0.39 is 5.54 Å². The van der Waals surface area contributed by atoms with Crippen molar-refractivity contribution in [1.82, 2.24) is 20.0 Å². The summed E-state index contributed by atoms with van der Waals surface area (Å²) in [5, 5.41) is 7.78. The Morgan fingerprint density at radius 2 is 1.53 bits per heavy atom. The molecule has 6 nitrogen and oxygen atoms in total.